The van der Waals surface area contributed by atoms with E-state index >= 15 is 0 Å². The number of pyridine rings is 1. The maximum Gasteiger partial charge on any atom is 0.147 e. The molecule has 1 aromatic carbocycles. The molecule has 0 bridgehead atoms. The van der Waals surface area contributed by atoms with Gasteiger partial charge in [0.2, 0.25) is 0 Å². The second-order valence-corrected chi connectivity index (χ2v) is 6.17. The van der Waals surface area contributed by atoms with Crippen LogP contribution in [0.4, 0.5) is 5.82 Å². The number of nitriles is 1. The largest absolute Gasteiger partial charge is 0.464 e. The number of hydrogen-bond donors (Lipinski definition) is 1. The maximum absolute atomic E-state index is 9.51. The number of aryl methyl sites for hydroxylation is 2. The van der Waals surface area contributed by atoms with E-state index in [0.29, 0.717) is 27.4 Å². The van der Waals surface area contributed by atoms with E-state index in [0.717, 1.165) is 27.8 Å². The fourth-order valence-electron chi connectivity index (χ4n) is 3.29. The van der Waals surface area contributed by atoms with Crippen LogP contribution >= 0.6 is 11.6 Å². The minimum Gasteiger partial charge on any atom is -0.464 e. The lowest BCUT2D eigenvalue weighted by Gasteiger charge is -2.14. The van der Waals surface area contributed by atoms with E-state index < -0.39 is 0 Å². The van der Waals surface area contributed by atoms with Gasteiger partial charge in [0.05, 0.1) is 17.0 Å². The van der Waals surface area contributed by atoms with Crippen molar-refractivity contribution in [1.82, 2.24) is 9.55 Å². The molecule has 3 heterocycles. The Morgan fingerprint density at radius 2 is 2.12 bits per heavy atom. The minimum absolute atomic E-state index is 0.347. The van der Waals surface area contributed by atoms with Gasteiger partial charge in [0.15, 0.2) is 0 Å². The Morgan fingerprint density at radius 3 is 2.88 bits per heavy atom. The second kappa shape index (κ2) is 5.02. The number of hydrogen-bond acceptors (Lipinski definition) is 4. The van der Waals surface area contributed by atoms with Gasteiger partial charge >= 0.3 is 0 Å². The van der Waals surface area contributed by atoms with Gasteiger partial charge in [-0.25, -0.2) is 4.98 Å². The van der Waals surface area contributed by atoms with Crippen molar-refractivity contribution in [3.63, 3.8) is 0 Å². The van der Waals surface area contributed by atoms with Crippen LogP contribution in [0.1, 0.15) is 16.7 Å². The summed E-state index contributed by atoms with van der Waals surface area (Å²) in [6.07, 6.45) is 3.22. The monoisotopic (exact) mass is 336 g/mol. The van der Waals surface area contributed by atoms with E-state index in [9.17, 15) is 5.26 Å². The van der Waals surface area contributed by atoms with Crippen molar-refractivity contribution >= 4 is 39.4 Å². The molecule has 0 saturated carbocycles. The summed E-state index contributed by atoms with van der Waals surface area (Å²) in [7, 11) is 0. The van der Waals surface area contributed by atoms with Crippen LogP contribution in [0, 0.1) is 25.2 Å². The highest BCUT2D eigenvalue weighted by Gasteiger charge is 2.21. The number of nitrogen functional groups attached to an aromatic ring is 1. The number of rotatable bonds is 1. The van der Waals surface area contributed by atoms with Crippen molar-refractivity contribution in [2.75, 3.05) is 5.73 Å². The first-order valence-corrected chi connectivity index (χ1v) is 7.74. The van der Waals surface area contributed by atoms with E-state index in [4.69, 9.17) is 21.8 Å². The third-order valence-electron chi connectivity index (χ3n) is 4.28. The molecule has 4 aromatic rings. The van der Waals surface area contributed by atoms with Crippen molar-refractivity contribution < 1.29 is 4.42 Å². The topological polar surface area (TPSA) is 80.8 Å². The lowest BCUT2D eigenvalue weighted by molar-refractivity contribution is 0.613. The summed E-state index contributed by atoms with van der Waals surface area (Å²) < 4.78 is 7.41. The molecule has 3 aromatic heterocycles. The molecule has 4 rings (SSSR count). The number of benzene rings is 1. The summed E-state index contributed by atoms with van der Waals surface area (Å²) in [5.41, 5.74) is 10.9. The van der Waals surface area contributed by atoms with Crippen molar-refractivity contribution in [3.8, 4) is 11.8 Å². The molecule has 0 aliphatic carbocycles. The highest BCUT2D eigenvalue weighted by atomic mass is 35.5. The summed E-state index contributed by atoms with van der Waals surface area (Å²) in [6.45, 7) is 3.98. The fraction of sp³-hybridized carbons (Fsp3) is 0.111. The Balaban J connectivity index is 2.19. The first kappa shape index (κ1) is 14.6. The molecule has 24 heavy (non-hydrogen) atoms. The Morgan fingerprint density at radius 1 is 1.33 bits per heavy atom. The quantitative estimate of drug-likeness (QED) is 0.555. The van der Waals surface area contributed by atoms with Crippen molar-refractivity contribution in [2.45, 2.75) is 13.8 Å². The SMILES string of the molecule is Cc1cc2ccoc2c(C)c1-n1c(N)c(C#N)c2cc(Cl)cnc21. The standard InChI is InChI=1S/C18H13ClN4O/c1-9-5-11-3-4-24-16(11)10(2)15(9)23-17(21)14(7-20)13-6-12(19)8-22-18(13)23/h3-6,8H,21H2,1-2H3. The fourth-order valence-corrected chi connectivity index (χ4v) is 3.45. The zero-order valence-electron chi connectivity index (χ0n) is 13.1. The van der Waals surface area contributed by atoms with E-state index in [1.807, 2.05) is 26.0 Å². The first-order valence-electron chi connectivity index (χ1n) is 7.36. The molecular formula is C18H13ClN4O. The normalized spacial score (nSPS) is 11.2. The van der Waals surface area contributed by atoms with E-state index in [1.165, 1.54) is 0 Å². The molecule has 5 nitrogen and oxygen atoms in total. The third-order valence-corrected chi connectivity index (χ3v) is 4.49. The molecule has 0 fully saturated rings. The summed E-state index contributed by atoms with van der Waals surface area (Å²) in [5, 5.41) is 11.6. The number of halogens is 1. The van der Waals surface area contributed by atoms with Gasteiger partial charge in [-0.1, -0.05) is 11.6 Å². The van der Waals surface area contributed by atoms with Crippen LogP contribution in [-0.4, -0.2) is 9.55 Å². The van der Waals surface area contributed by atoms with E-state index in [1.54, 1.807) is 23.1 Å². The van der Waals surface area contributed by atoms with Gasteiger partial charge in [0.25, 0.3) is 0 Å². The number of anilines is 1. The number of nitrogens with two attached hydrogens (primary N) is 1. The van der Waals surface area contributed by atoms with Gasteiger partial charge in [-0.2, -0.15) is 5.26 Å². The number of nitrogens with zero attached hydrogens (tertiary/aromatic N) is 3. The van der Waals surface area contributed by atoms with E-state index in [2.05, 4.69) is 11.1 Å². The molecule has 118 valence electrons. The summed E-state index contributed by atoms with van der Waals surface area (Å²) in [5.74, 6) is 0.347. The van der Waals surface area contributed by atoms with Crippen LogP contribution in [0.3, 0.4) is 0 Å². The summed E-state index contributed by atoms with van der Waals surface area (Å²) >= 11 is 6.04. The van der Waals surface area contributed by atoms with Crippen molar-refractivity contribution in [1.29, 1.82) is 5.26 Å². The lowest BCUT2D eigenvalue weighted by atomic mass is 10.1. The Labute approximate surface area is 142 Å². The molecular weight excluding hydrogens is 324 g/mol. The molecule has 0 aliphatic heterocycles. The number of furan rings is 1. The zero-order valence-corrected chi connectivity index (χ0v) is 13.8. The lowest BCUT2D eigenvalue weighted by Crippen LogP contribution is -2.05. The number of fused-ring (bicyclic) bond motifs is 2. The summed E-state index contributed by atoms with van der Waals surface area (Å²) in [4.78, 5) is 4.41. The average molecular weight is 337 g/mol. The van der Waals surface area contributed by atoms with Gasteiger partial charge in [-0.05, 0) is 37.6 Å². The Hall–Kier alpha value is -2.97. The minimum atomic E-state index is 0.347. The van der Waals surface area contributed by atoms with E-state index in [-0.39, 0.29) is 0 Å². The highest BCUT2D eigenvalue weighted by molar-refractivity contribution is 6.31. The van der Waals surface area contributed by atoms with Crippen LogP contribution in [-0.2, 0) is 0 Å². The van der Waals surface area contributed by atoms with Gasteiger partial charge in [0, 0.05) is 22.5 Å². The third kappa shape index (κ3) is 1.84. The van der Waals surface area contributed by atoms with Crippen LogP contribution in [0.15, 0.2) is 35.1 Å². The van der Waals surface area contributed by atoms with Crippen LogP contribution < -0.4 is 5.73 Å². The molecule has 0 spiro atoms. The number of aromatic nitrogens is 2. The van der Waals surface area contributed by atoms with Crippen molar-refractivity contribution in [3.05, 3.63) is 52.4 Å². The average Bonchev–Trinajstić information content (AvgIpc) is 3.10. The Bertz CT molecular complexity index is 1160. The molecule has 0 radical (unpaired) electrons. The Kier molecular flexibility index (Phi) is 3.05. The predicted molar refractivity (Wildman–Crippen MR) is 94.5 cm³/mol. The molecule has 0 amide bonds. The highest BCUT2D eigenvalue weighted by Crippen LogP contribution is 2.36. The molecule has 0 unspecified atom stereocenters. The van der Waals surface area contributed by atoms with Gasteiger partial charge in [-0.15, -0.1) is 0 Å². The maximum atomic E-state index is 9.51. The van der Waals surface area contributed by atoms with Gasteiger partial charge < -0.3 is 10.2 Å². The van der Waals surface area contributed by atoms with Crippen LogP contribution in [0.25, 0.3) is 27.7 Å². The molecule has 2 N–H and O–H groups in total. The summed E-state index contributed by atoms with van der Waals surface area (Å²) in [6, 6.07) is 7.83. The smallest absolute Gasteiger partial charge is 0.147 e. The second-order valence-electron chi connectivity index (χ2n) is 5.74. The van der Waals surface area contributed by atoms with Gasteiger partial charge in [-0.3, -0.25) is 4.57 Å². The van der Waals surface area contributed by atoms with Crippen LogP contribution in [0.5, 0.6) is 0 Å². The molecule has 6 heteroatoms. The van der Waals surface area contributed by atoms with Crippen LogP contribution in [0.2, 0.25) is 5.02 Å². The first-order chi connectivity index (χ1) is 11.5. The predicted octanol–water partition coefficient (Wildman–Crippen LogP) is 4.50. The molecule has 0 atom stereocenters. The molecule has 0 saturated heterocycles. The molecule has 0 aliphatic rings. The van der Waals surface area contributed by atoms with Crippen molar-refractivity contribution in [2.24, 2.45) is 0 Å². The zero-order chi connectivity index (χ0) is 17.0. The van der Waals surface area contributed by atoms with Gasteiger partial charge in [0.1, 0.15) is 28.7 Å².